The van der Waals surface area contributed by atoms with Gasteiger partial charge in [0.2, 0.25) is 0 Å². The Morgan fingerprint density at radius 1 is 1.05 bits per heavy atom. The Bertz CT molecular complexity index is 529. The van der Waals surface area contributed by atoms with Crippen LogP contribution in [-0.2, 0) is 0 Å². The Morgan fingerprint density at radius 3 is 1.90 bits per heavy atom. The first-order chi connectivity index (χ1) is 10.2. The van der Waals surface area contributed by atoms with Gasteiger partial charge in [0.15, 0.2) is 0 Å². The second-order valence-corrected chi connectivity index (χ2v) is 10.4. The Balaban J connectivity index is 1.94. The van der Waals surface area contributed by atoms with Crippen LogP contribution in [0.4, 0.5) is 0 Å². The Kier molecular flexibility index (Phi) is 4.24. The molecule has 21 heavy (non-hydrogen) atoms. The highest BCUT2D eigenvalue weighted by molar-refractivity contribution is 7.01. The van der Waals surface area contributed by atoms with E-state index >= 15 is 0 Å². The van der Waals surface area contributed by atoms with Gasteiger partial charge in [0, 0.05) is 6.04 Å². The van der Waals surface area contributed by atoms with Crippen LogP contribution < -0.4 is 15.7 Å². The zero-order chi connectivity index (χ0) is 14.7. The molecule has 0 spiro atoms. The van der Waals surface area contributed by atoms with Crippen LogP contribution in [0, 0.1) is 0 Å². The maximum atomic E-state index is 10.6. The zero-order valence-electron chi connectivity index (χ0n) is 12.5. The summed E-state index contributed by atoms with van der Waals surface area (Å²) in [5.41, 5.74) is 0. The summed E-state index contributed by atoms with van der Waals surface area (Å²) in [5.74, 6) is 0. The van der Waals surface area contributed by atoms with Gasteiger partial charge >= 0.3 is 0 Å². The molecule has 3 heteroatoms. The molecule has 2 aromatic rings. The van der Waals surface area contributed by atoms with Gasteiger partial charge in [0.1, 0.15) is 8.07 Å². The van der Waals surface area contributed by atoms with E-state index in [1.165, 1.54) is 10.4 Å². The van der Waals surface area contributed by atoms with E-state index in [-0.39, 0.29) is 12.1 Å². The molecule has 0 saturated carbocycles. The number of nitrogens with one attached hydrogen (secondary N) is 1. The van der Waals surface area contributed by atoms with Crippen LogP contribution in [0.5, 0.6) is 0 Å². The molecule has 2 atom stereocenters. The number of rotatable bonds is 5. The van der Waals surface area contributed by atoms with E-state index in [2.05, 4.69) is 72.5 Å². The summed E-state index contributed by atoms with van der Waals surface area (Å²) in [4.78, 5) is 0. The summed E-state index contributed by atoms with van der Waals surface area (Å²) in [7, 11) is -1.90. The van der Waals surface area contributed by atoms with E-state index < -0.39 is 8.07 Å². The summed E-state index contributed by atoms with van der Waals surface area (Å²) < 4.78 is 0. The molecule has 0 radical (unpaired) electrons. The highest BCUT2D eigenvalue weighted by Crippen LogP contribution is 2.19. The molecule has 3 rings (SSSR count). The number of benzene rings is 2. The maximum absolute atomic E-state index is 10.6. The standard InChI is InChI=1S/C18H23NOSi/c1-21(15-8-4-2-5-9-15,16-10-6-3-7-11-16)14-18(20)17-12-13-19-17/h2-11,17-20H,12-14H2,1H3/t17-,18+/m0/s1. The summed E-state index contributed by atoms with van der Waals surface area (Å²) in [6, 6.07) is 22.6. The lowest BCUT2D eigenvalue weighted by Gasteiger charge is -2.37. The number of hydrogen-bond donors (Lipinski definition) is 2. The van der Waals surface area contributed by atoms with Crippen molar-refractivity contribution in [2.45, 2.75) is 31.2 Å². The molecule has 0 bridgehead atoms. The lowest BCUT2D eigenvalue weighted by Crippen LogP contribution is -2.61. The maximum Gasteiger partial charge on any atom is 0.117 e. The van der Waals surface area contributed by atoms with Gasteiger partial charge in [-0.2, -0.15) is 0 Å². The van der Waals surface area contributed by atoms with E-state index in [1.807, 2.05) is 0 Å². The summed E-state index contributed by atoms with van der Waals surface area (Å²) >= 11 is 0. The monoisotopic (exact) mass is 297 g/mol. The molecule has 1 aliphatic rings. The highest BCUT2D eigenvalue weighted by atomic mass is 28.3. The van der Waals surface area contributed by atoms with Crippen molar-refractivity contribution < 1.29 is 5.11 Å². The van der Waals surface area contributed by atoms with Crippen LogP contribution in [0.2, 0.25) is 12.6 Å². The molecule has 2 N–H and O–H groups in total. The van der Waals surface area contributed by atoms with E-state index in [0.717, 1.165) is 19.0 Å². The van der Waals surface area contributed by atoms with Crippen LogP contribution in [-0.4, -0.2) is 31.9 Å². The third kappa shape index (κ3) is 2.95. The van der Waals surface area contributed by atoms with Crippen molar-refractivity contribution in [3.05, 3.63) is 60.7 Å². The first-order valence-electron chi connectivity index (χ1n) is 7.73. The summed E-state index contributed by atoms with van der Waals surface area (Å²) in [5, 5.41) is 16.7. The predicted octanol–water partition coefficient (Wildman–Crippen LogP) is 1.60. The van der Waals surface area contributed by atoms with Gasteiger partial charge in [-0.05, 0) is 19.0 Å². The zero-order valence-corrected chi connectivity index (χ0v) is 13.5. The SMILES string of the molecule is C[Si](C[C@@H](O)[C@@H]1CCN1)(c1ccccc1)c1ccccc1. The average Bonchev–Trinajstić information content (AvgIpc) is 2.47. The molecule has 0 unspecified atom stereocenters. The van der Waals surface area contributed by atoms with Gasteiger partial charge < -0.3 is 10.4 Å². The number of hydrogen-bond acceptors (Lipinski definition) is 2. The first-order valence-corrected chi connectivity index (χ1v) is 10.4. The van der Waals surface area contributed by atoms with Crippen molar-refractivity contribution in [3.8, 4) is 0 Å². The van der Waals surface area contributed by atoms with Crippen LogP contribution >= 0.6 is 0 Å². The number of aliphatic hydroxyl groups excluding tert-OH is 1. The first kappa shape index (κ1) is 14.5. The van der Waals surface area contributed by atoms with Gasteiger partial charge in [-0.1, -0.05) is 77.6 Å². The third-order valence-electron chi connectivity index (χ3n) is 4.77. The van der Waals surface area contributed by atoms with E-state index in [9.17, 15) is 5.11 Å². The van der Waals surface area contributed by atoms with Crippen molar-refractivity contribution >= 4 is 18.4 Å². The summed E-state index contributed by atoms with van der Waals surface area (Å²) in [6.45, 7) is 3.41. The third-order valence-corrected chi connectivity index (χ3v) is 9.22. The molecule has 1 fully saturated rings. The van der Waals surface area contributed by atoms with Crippen LogP contribution in [0.15, 0.2) is 60.7 Å². The molecule has 110 valence electrons. The molecule has 1 aliphatic heterocycles. The van der Waals surface area contributed by atoms with E-state index in [1.54, 1.807) is 0 Å². The highest BCUT2D eigenvalue weighted by Gasteiger charge is 2.37. The lowest BCUT2D eigenvalue weighted by molar-refractivity contribution is 0.111. The van der Waals surface area contributed by atoms with Crippen LogP contribution in [0.1, 0.15) is 6.42 Å². The number of aliphatic hydroxyl groups is 1. The molecule has 2 aromatic carbocycles. The Morgan fingerprint density at radius 2 is 1.52 bits per heavy atom. The molecular formula is C18H23NOSi. The molecule has 1 heterocycles. The van der Waals surface area contributed by atoms with Gasteiger partial charge in [0.25, 0.3) is 0 Å². The fourth-order valence-corrected chi connectivity index (χ4v) is 7.00. The van der Waals surface area contributed by atoms with Crippen molar-refractivity contribution in [2.75, 3.05) is 6.54 Å². The Hall–Kier alpha value is -1.42. The van der Waals surface area contributed by atoms with Crippen molar-refractivity contribution in [3.63, 3.8) is 0 Å². The second kappa shape index (κ2) is 6.14. The minimum absolute atomic E-state index is 0.254. The van der Waals surface area contributed by atoms with Crippen molar-refractivity contribution in [2.24, 2.45) is 0 Å². The van der Waals surface area contributed by atoms with Crippen LogP contribution in [0.25, 0.3) is 0 Å². The van der Waals surface area contributed by atoms with E-state index in [4.69, 9.17) is 0 Å². The Labute approximate surface area is 127 Å². The van der Waals surface area contributed by atoms with Gasteiger partial charge in [0.05, 0.1) is 6.10 Å². The van der Waals surface area contributed by atoms with Crippen molar-refractivity contribution in [1.82, 2.24) is 5.32 Å². The molecular weight excluding hydrogens is 274 g/mol. The molecule has 1 saturated heterocycles. The fourth-order valence-electron chi connectivity index (χ4n) is 3.21. The minimum Gasteiger partial charge on any atom is -0.392 e. The predicted molar refractivity (Wildman–Crippen MR) is 91.0 cm³/mol. The van der Waals surface area contributed by atoms with Gasteiger partial charge in [-0.3, -0.25) is 0 Å². The lowest BCUT2D eigenvalue weighted by atomic mass is 10.0. The molecule has 2 nitrogen and oxygen atoms in total. The van der Waals surface area contributed by atoms with Gasteiger partial charge in [-0.25, -0.2) is 0 Å². The minimum atomic E-state index is -1.90. The van der Waals surface area contributed by atoms with Crippen molar-refractivity contribution in [1.29, 1.82) is 0 Å². The smallest absolute Gasteiger partial charge is 0.117 e. The molecule has 0 amide bonds. The van der Waals surface area contributed by atoms with E-state index in [0.29, 0.717) is 0 Å². The average molecular weight is 297 g/mol. The molecule has 0 aliphatic carbocycles. The topological polar surface area (TPSA) is 32.3 Å². The quantitative estimate of drug-likeness (QED) is 0.822. The largest absolute Gasteiger partial charge is 0.392 e. The normalized spacial score (nSPS) is 19.8. The second-order valence-electron chi connectivity index (χ2n) is 6.18. The fraction of sp³-hybridized carbons (Fsp3) is 0.333. The van der Waals surface area contributed by atoms with Crippen LogP contribution in [0.3, 0.4) is 0 Å². The summed E-state index contributed by atoms with van der Waals surface area (Å²) in [6.07, 6.45) is 0.839. The van der Waals surface area contributed by atoms with Gasteiger partial charge in [-0.15, -0.1) is 0 Å². The molecule has 0 aromatic heterocycles.